The topological polar surface area (TPSA) is 97.6 Å². The number of hydrogen-bond donors (Lipinski definition) is 0. The molecule has 1 aliphatic carbocycles. The Bertz CT molecular complexity index is 1420. The van der Waals surface area contributed by atoms with Crippen LogP contribution in [0.2, 0.25) is 0 Å². The molecule has 2 aromatic heterocycles. The lowest BCUT2D eigenvalue weighted by Gasteiger charge is -2.40. The smallest absolute Gasteiger partial charge is 0.410 e. The minimum atomic E-state index is -3.84. The van der Waals surface area contributed by atoms with Crippen LogP contribution in [0.25, 0.3) is 11.0 Å². The van der Waals surface area contributed by atoms with Crippen LogP contribution >= 0.6 is 0 Å². The van der Waals surface area contributed by atoms with Gasteiger partial charge in [-0.2, -0.15) is 0 Å². The van der Waals surface area contributed by atoms with E-state index in [-0.39, 0.29) is 17.0 Å². The summed E-state index contributed by atoms with van der Waals surface area (Å²) in [7, 11) is -3.84. The molecule has 9 nitrogen and oxygen atoms in total. The van der Waals surface area contributed by atoms with Crippen molar-refractivity contribution in [3.05, 3.63) is 47.9 Å². The quantitative estimate of drug-likeness (QED) is 0.515. The molecule has 1 aliphatic heterocycles. The number of aromatic nitrogens is 3. The van der Waals surface area contributed by atoms with Crippen LogP contribution in [0.1, 0.15) is 57.6 Å². The molecule has 2 fully saturated rings. The number of fused-ring (bicyclic) bond motifs is 1. The van der Waals surface area contributed by atoms with Gasteiger partial charge >= 0.3 is 6.09 Å². The highest BCUT2D eigenvalue weighted by molar-refractivity contribution is 7.90. The Morgan fingerprint density at radius 2 is 1.83 bits per heavy atom. The lowest BCUT2D eigenvalue weighted by Crippen LogP contribution is -2.55. The van der Waals surface area contributed by atoms with E-state index in [0.29, 0.717) is 36.8 Å². The van der Waals surface area contributed by atoms with Crippen LogP contribution in [-0.4, -0.2) is 64.6 Å². The number of anilines is 1. The monoisotopic (exact) mass is 511 g/mol. The van der Waals surface area contributed by atoms with Crippen LogP contribution < -0.4 is 4.90 Å². The van der Waals surface area contributed by atoms with Crippen molar-refractivity contribution in [2.75, 3.05) is 24.5 Å². The first-order valence-corrected chi connectivity index (χ1v) is 13.8. The summed E-state index contributed by atoms with van der Waals surface area (Å²) in [6.07, 6.45) is 4.88. The molecule has 1 amide bonds. The maximum absolute atomic E-state index is 13.7. The van der Waals surface area contributed by atoms with Gasteiger partial charge in [0, 0.05) is 31.9 Å². The van der Waals surface area contributed by atoms with Gasteiger partial charge in [-0.05, 0) is 70.6 Å². The van der Waals surface area contributed by atoms with Crippen LogP contribution in [0.4, 0.5) is 10.6 Å². The first kappa shape index (κ1) is 24.5. The standard InChI is InChI=1S/C26H33N5O4S/c1-17-8-6-7-9-21(17)36(33,34)31-15-20(19-10-11-19)22-23(27-16-28-24(22)31)29-12-13-30(18(2)14-29)25(32)35-26(3,4)5/h6-9,15-16,18-19H,10-14H2,1-5H3/t18-/m1/s1. The fraction of sp³-hybridized carbons (Fsp3) is 0.500. The SMILES string of the molecule is Cc1ccccc1S(=O)(=O)n1cc(C2CC2)c2c(N3CCN(C(=O)OC(C)(C)C)[C@H](C)C3)ncnc21. The van der Waals surface area contributed by atoms with E-state index in [1.54, 1.807) is 36.2 Å². The van der Waals surface area contributed by atoms with E-state index in [0.717, 1.165) is 29.6 Å². The number of ether oxygens (including phenoxy) is 1. The van der Waals surface area contributed by atoms with Crippen molar-refractivity contribution in [2.45, 2.75) is 69.9 Å². The average Bonchev–Trinajstić information content (AvgIpc) is 3.57. The number of benzene rings is 1. The minimum absolute atomic E-state index is 0.0965. The number of nitrogens with zero attached hydrogens (tertiary/aromatic N) is 5. The van der Waals surface area contributed by atoms with Crippen molar-refractivity contribution in [2.24, 2.45) is 0 Å². The molecule has 0 spiro atoms. The van der Waals surface area contributed by atoms with Gasteiger partial charge in [-0.15, -0.1) is 0 Å². The number of amides is 1. The highest BCUT2D eigenvalue weighted by Gasteiger charge is 2.36. The van der Waals surface area contributed by atoms with E-state index in [1.165, 1.54) is 10.3 Å². The van der Waals surface area contributed by atoms with Crippen molar-refractivity contribution in [1.82, 2.24) is 18.8 Å². The molecule has 192 valence electrons. The van der Waals surface area contributed by atoms with Gasteiger partial charge in [-0.1, -0.05) is 18.2 Å². The summed E-state index contributed by atoms with van der Waals surface area (Å²) in [6, 6.07) is 6.90. The fourth-order valence-corrected chi connectivity index (χ4v) is 6.42. The van der Waals surface area contributed by atoms with E-state index in [9.17, 15) is 13.2 Å². The molecule has 3 heterocycles. The van der Waals surface area contributed by atoms with Gasteiger partial charge < -0.3 is 14.5 Å². The molecule has 1 saturated carbocycles. The Hall–Kier alpha value is -3.14. The van der Waals surface area contributed by atoms with Crippen LogP contribution in [0.5, 0.6) is 0 Å². The van der Waals surface area contributed by atoms with Gasteiger partial charge in [0.25, 0.3) is 10.0 Å². The normalized spacial score (nSPS) is 19.1. The maximum atomic E-state index is 13.7. The predicted molar refractivity (Wildman–Crippen MR) is 138 cm³/mol. The molecular formula is C26H33N5O4S. The zero-order valence-corrected chi connectivity index (χ0v) is 22.2. The van der Waals surface area contributed by atoms with Gasteiger partial charge in [-0.25, -0.2) is 27.2 Å². The summed E-state index contributed by atoms with van der Waals surface area (Å²) < 4.78 is 34.4. The van der Waals surface area contributed by atoms with Crippen LogP contribution in [0.15, 0.2) is 41.7 Å². The molecule has 1 aromatic carbocycles. The number of hydrogen-bond acceptors (Lipinski definition) is 7. The molecule has 2 aliphatic rings. The van der Waals surface area contributed by atoms with Crippen LogP contribution in [0, 0.1) is 6.92 Å². The molecule has 0 N–H and O–H groups in total. The van der Waals surface area contributed by atoms with Crippen molar-refractivity contribution in [3.63, 3.8) is 0 Å². The lowest BCUT2D eigenvalue weighted by atomic mass is 10.1. The van der Waals surface area contributed by atoms with E-state index < -0.39 is 15.6 Å². The summed E-state index contributed by atoms with van der Waals surface area (Å²) in [5.74, 6) is 1.02. The first-order valence-electron chi connectivity index (χ1n) is 12.4. The zero-order chi connectivity index (χ0) is 25.8. The number of carbonyl (C=O) groups excluding carboxylic acids is 1. The van der Waals surface area contributed by atoms with Crippen molar-refractivity contribution in [1.29, 1.82) is 0 Å². The zero-order valence-electron chi connectivity index (χ0n) is 21.4. The van der Waals surface area contributed by atoms with Gasteiger partial charge in [-0.3, -0.25) is 0 Å². The van der Waals surface area contributed by atoms with Crippen molar-refractivity contribution in [3.8, 4) is 0 Å². The van der Waals surface area contributed by atoms with Gasteiger partial charge in [0.1, 0.15) is 17.7 Å². The highest BCUT2D eigenvalue weighted by atomic mass is 32.2. The third-order valence-electron chi connectivity index (χ3n) is 6.76. The van der Waals surface area contributed by atoms with Gasteiger partial charge in [0.05, 0.1) is 10.3 Å². The number of aryl methyl sites for hydroxylation is 1. The third kappa shape index (κ3) is 4.42. The fourth-order valence-electron chi connectivity index (χ4n) is 4.87. The summed E-state index contributed by atoms with van der Waals surface area (Å²) in [5.41, 5.74) is 1.50. The van der Waals surface area contributed by atoms with E-state index in [4.69, 9.17) is 4.74 Å². The molecule has 1 atom stereocenters. The van der Waals surface area contributed by atoms with Crippen LogP contribution in [0.3, 0.4) is 0 Å². The Balaban J connectivity index is 1.53. The van der Waals surface area contributed by atoms with E-state index in [2.05, 4.69) is 14.9 Å². The van der Waals surface area contributed by atoms with Crippen molar-refractivity contribution < 1.29 is 17.9 Å². The minimum Gasteiger partial charge on any atom is -0.444 e. The molecule has 3 aromatic rings. The molecular weight excluding hydrogens is 478 g/mol. The molecule has 5 rings (SSSR count). The summed E-state index contributed by atoms with van der Waals surface area (Å²) in [5, 5.41) is 0.787. The Morgan fingerprint density at radius 1 is 1.11 bits per heavy atom. The largest absolute Gasteiger partial charge is 0.444 e. The Labute approximate surface area is 212 Å². The lowest BCUT2D eigenvalue weighted by molar-refractivity contribution is 0.0158. The van der Waals surface area contributed by atoms with Crippen molar-refractivity contribution >= 4 is 33.0 Å². The third-order valence-corrected chi connectivity index (χ3v) is 8.57. The molecule has 0 unspecified atom stereocenters. The molecule has 10 heteroatoms. The van der Waals surface area contributed by atoms with Gasteiger partial charge in [0.2, 0.25) is 0 Å². The average molecular weight is 512 g/mol. The molecule has 0 bridgehead atoms. The summed E-state index contributed by atoms with van der Waals surface area (Å²) in [6.45, 7) is 11.0. The molecule has 1 saturated heterocycles. The highest BCUT2D eigenvalue weighted by Crippen LogP contribution is 2.46. The first-order chi connectivity index (χ1) is 17.0. The number of rotatable bonds is 4. The number of piperazine rings is 1. The molecule has 36 heavy (non-hydrogen) atoms. The number of carbonyl (C=O) groups is 1. The Kier molecular flexibility index (Phi) is 5.97. The maximum Gasteiger partial charge on any atom is 0.410 e. The second-order valence-corrected chi connectivity index (χ2v) is 12.6. The van der Waals surface area contributed by atoms with E-state index >= 15 is 0 Å². The van der Waals surface area contributed by atoms with Crippen LogP contribution in [-0.2, 0) is 14.8 Å². The van der Waals surface area contributed by atoms with Gasteiger partial charge in [0.15, 0.2) is 5.65 Å². The summed E-state index contributed by atoms with van der Waals surface area (Å²) in [4.78, 5) is 25.9. The second-order valence-electron chi connectivity index (χ2n) is 10.8. The van der Waals surface area contributed by atoms with E-state index in [1.807, 2.05) is 33.8 Å². The Morgan fingerprint density at radius 3 is 2.47 bits per heavy atom. The second kappa shape index (κ2) is 8.76. The summed E-state index contributed by atoms with van der Waals surface area (Å²) >= 11 is 0. The molecule has 0 radical (unpaired) electrons. The predicted octanol–water partition coefficient (Wildman–Crippen LogP) is 4.30.